The SMILES string of the molecule is CNc1ncnc2c1ccn2[C@@H]1C[C@H](CCc2ccc3ccc(NC4CC4)nc3c2)C(O)[C@H]1O. The second kappa shape index (κ2) is 8.52. The highest BCUT2D eigenvalue weighted by Gasteiger charge is 2.42. The minimum absolute atomic E-state index is 0.00887. The summed E-state index contributed by atoms with van der Waals surface area (Å²) >= 11 is 0. The summed E-state index contributed by atoms with van der Waals surface area (Å²) in [5, 5.41) is 30.3. The predicted molar refractivity (Wildman–Crippen MR) is 133 cm³/mol. The van der Waals surface area contributed by atoms with Crippen LogP contribution in [-0.4, -0.2) is 55.0 Å². The lowest BCUT2D eigenvalue weighted by atomic mass is 9.95. The molecule has 3 heterocycles. The van der Waals surface area contributed by atoms with Crippen LogP contribution in [0.25, 0.3) is 21.9 Å². The molecule has 176 valence electrons. The predicted octanol–water partition coefficient (Wildman–Crippen LogP) is 3.51. The van der Waals surface area contributed by atoms with E-state index in [1.165, 1.54) is 24.7 Å². The van der Waals surface area contributed by atoms with Gasteiger partial charge in [-0.15, -0.1) is 0 Å². The van der Waals surface area contributed by atoms with Crippen LogP contribution in [0.1, 0.15) is 37.3 Å². The van der Waals surface area contributed by atoms with Crippen molar-refractivity contribution in [2.24, 2.45) is 5.92 Å². The fraction of sp³-hybridized carbons (Fsp3) is 0.423. The van der Waals surface area contributed by atoms with Crippen LogP contribution in [0.5, 0.6) is 0 Å². The molecule has 0 radical (unpaired) electrons. The number of aryl methyl sites for hydroxylation is 1. The van der Waals surface area contributed by atoms with E-state index in [4.69, 9.17) is 4.98 Å². The van der Waals surface area contributed by atoms with Crippen LogP contribution in [0.3, 0.4) is 0 Å². The van der Waals surface area contributed by atoms with Gasteiger partial charge in [-0.3, -0.25) is 0 Å². The van der Waals surface area contributed by atoms with Gasteiger partial charge in [0.25, 0.3) is 0 Å². The first kappa shape index (κ1) is 21.3. The van der Waals surface area contributed by atoms with Gasteiger partial charge in [0, 0.05) is 24.7 Å². The van der Waals surface area contributed by atoms with Crippen LogP contribution < -0.4 is 10.6 Å². The zero-order valence-corrected chi connectivity index (χ0v) is 19.2. The second-order valence-electron chi connectivity index (χ2n) is 9.66. The summed E-state index contributed by atoms with van der Waals surface area (Å²) in [4.78, 5) is 13.5. The molecule has 2 saturated carbocycles. The lowest BCUT2D eigenvalue weighted by molar-refractivity contribution is 0.00545. The summed E-state index contributed by atoms with van der Waals surface area (Å²) < 4.78 is 1.99. The Hall–Kier alpha value is -3.23. The van der Waals surface area contributed by atoms with E-state index in [9.17, 15) is 10.2 Å². The van der Waals surface area contributed by atoms with Gasteiger partial charge in [-0.05, 0) is 67.9 Å². The highest BCUT2D eigenvalue weighted by atomic mass is 16.3. The molecule has 4 aromatic rings. The third kappa shape index (κ3) is 3.86. The smallest absolute Gasteiger partial charge is 0.145 e. The van der Waals surface area contributed by atoms with Gasteiger partial charge in [0.2, 0.25) is 0 Å². The van der Waals surface area contributed by atoms with Gasteiger partial charge >= 0.3 is 0 Å². The summed E-state index contributed by atoms with van der Waals surface area (Å²) in [6, 6.07) is 12.9. The van der Waals surface area contributed by atoms with Gasteiger partial charge in [0.05, 0.1) is 23.0 Å². The van der Waals surface area contributed by atoms with E-state index in [1.807, 2.05) is 29.9 Å². The maximum Gasteiger partial charge on any atom is 0.145 e. The van der Waals surface area contributed by atoms with Crippen molar-refractivity contribution in [3.63, 3.8) is 0 Å². The molecule has 8 heteroatoms. The maximum absolute atomic E-state index is 10.9. The Labute approximate surface area is 198 Å². The molecule has 6 rings (SSSR count). The molecule has 4 atom stereocenters. The molecule has 4 N–H and O–H groups in total. The van der Waals surface area contributed by atoms with E-state index in [1.54, 1.807) is 0 Å². The Morgan fingerprint density at radius 1 is 1.06 bits per heavy atom. The molecular weight excluding hydrogens is 428 g/mol. The fourth-order valence-corrected chi connectivity index (χ4v) is 5.29. The van der Waals surface area contributed by atoms with Gasteiger partial charge in [-0.1, -0.05) is 12.1 Å². The molecule has 0 saturated heterocycles. The Morgan fingerprint density at radius 2 is 1.91 bits per heavy atom. The number of fused-ring (bicyclic) bond motifs is 2. The van der Waals surface area contributed by atoms with Crippen LogP contribution in [0.15, 0.2) is 48.9 Å². The third-order valence-electron chi connectivity index (χ3n) is 7.36. The van der Waals surface area contributed by atoms with Gasteiger partial charge in [-0.2, -0.15) is 0 Å². The van der Waals surface area contributed by atoms with Gasteiger partial charge in [0.1, 0.15) is 29.7 Å². The zero-order valence-electron chi connectivity index (χ0n) is 19.2. The number of hydrogen-bond donors (Lipinski definition) is 4. The number of aliphatic hydroxyl groups is 2. The normalized spacial score (nSPS) is 24.7. The molecule has 0 spiro atoms. The van der Waals surface area contributed by atoms with Crippen molar-refractivity contribution < 1.29 is 10.2 Å². The molecule has 34 heavy (non-hydrogen) atoms. The molecule has 2 fully saturated rings. The minimum atomic E-state index is -0.831. The average molecular weight is 459 g/mol. The number of rotatable bonds is 7. The van der Waals surface area contributed by atoms with Crippen molar-refractivity contribution in [1.82, 2.24) is 19.5 Å². The van der Waals surface area contributed by atoms with E-state index in [2.05, 4.69) is 44.9 Å². The van der Waals surface area contributed by atoms with Crippen LogP contribution in [0.2, 0.25) is 0 Å². The molecule has 1 unspecified atom stereocenters. The Kier molecular flexibility index (Phi) is 5.34. The third-order valence-corrected chi connectivity index (χ3v) is 7.36. The van der Waals surface area contributed by atoms with Crippen molar-refractivity contribution in [2.75, 3.05) is 17.7 Å². The number of nitrogens with zero attached hydrogens (tertiary/aromatic N) is 4. The molecule has 1 aromatic carbocycles. The Balaban J connectivity index is 1.18. The number of aromatic nitrogens is 4. The molecule has 0 aliphatic heterocycles. The van der Waals surface area contributed by atoms with Gasteiger partial charge in [-0.25, -0.2) is 15.0 Å². The van der Waals surface area contributed by atoms with E-state index in [-0.39, 0.29) is 12.0 Å². The quantitative estimate of drug-likeness (QED) is 0.336. The van der Waals surface area contributed by atoms with Crippen molar-refractivity contribution in [3.05, 3.63) is 54.5 Å². The van der Waals surface area contributed by atoms with Gasteiger partial charge in [0.15, 0.2) is 0 Å². The van der Waals surface area contributed by atoms with Crippen molar-refractivity contribution >= 4 is 33.6 Å². The van der Waals surface area contributed by atoms with Crippen LogP contribution in [0.4, 0.5) is 11.6 Å². The first-order valence-corrected chi connectivity index (χ1v) is 12.1. The number of hydrogen-bond acceptors (Lipinski definition) is 7. The van der Waals surface area contributed by atoms with E-state index < -0.39 is 12.2 Å². The number of aliphatic hydroxyl groups excluding tert-OH is 2. The second-order valence-corrected chi connectivity index (χ2v) is 9.66. The minimum Gasteiger partial charge on any atom is -0.390 e. The average Bonchev–Trinajstić information content (AvgIpc) is 3.50. The molecule has 8 nitrogen and oxygen atoms in total. The Morgan fingerprint density at radius 3 is 2.74 bits per heavy atom. The van der Waals surface area contributed by atoms with Crippen molar-refractivity contribution in [3.8, 4) is 0 Å². The summed E-state index contributed by atoms with van der Waals surface area (Å²) in [7, 11) is 1.83. The summed E-state index contributed by atoms with van der Waals surface area (Å²) in [6.07, 6.45) is 6.64. The number of pyridine rings is 1. The summed E-state index contributed by atoms with van der Waals surface area (Å²) in [6.45, 7) is 0. The topological polar surface area (TPSA) is 108 Å². The monoisotopic (exact) mass is 458 g/mol. The van der Waals surface area contributed by atoms with Crippen LogP contribution in [-0.2, 0) is 6.42 Å². The molecular formula is C26H30N6O2. The molecule has 2 aliphatic rings. The molecule has 3 aromatic heterocycles. The van der Waals surface area contributed by atoms with E-state index >= 15 is 0 Å². The highest BCUT2D eigenvalue weighted by molar-refractivity contribution is 5.87. The molecule has 0 amide bonds. The van der Waals surface area contributed by atoms with Crippen LogP contribution in [0, 0.1) is 5.92 Å². The lowest BCUT2D eigenvalue weighted by Gasteiger charge is -2.19. The maximum atomic E-state index is 10.9. The van der Waals surface area contributed by atoms with Crippen molar-refractivity contribution in [2.45, 2.75) is 56.4 Å². The molecule has 2 aliphatic carbocycles. The highest BCUT2D eigenvalue weighted by Crippen LogP contribution is 2.40. The van der Waals surface area contributed by atoms with E-state index in [0.717, 1.165) is 46.4 Å². The van der Waals surface area contributed by atoms with Gasteiger partial charge < -0.3 is 25.4 Å². The fourth-order valence-electron chi connectivity index (χ4n) is 5.29. The zero-order chi connectivity index (χ0) is 23.2. The van der Waals surface area contributed by atoms with E-state index in [0.29, 0.717) is 12.5 Å². The largest absolute Gasteiger partial charge is 0.390 e. The standard InChI is InChI=1S/C26H30N6O2/c1-27-25-19-10-11-32(26(19)29-14-28-25)21-13-17(23(33)24(21)34)5-3-15-2-4-16-6-9-22(30-18-7-8-18)31-20(16)12-15/h2,4,6,9-12,14,17-18,21,23-24,33-34H,3,5,7-8,13H2,1H3,(H,30,31)(H,27,28,29)/t17-,21+,23?,24-/m0/s1. The Bertz CT molecular complexity index is 1330. The lowest BCUT2D eigenvalue weighted by Crippen LogP contribution is -2.29. The summed E-state index contributed by atoms with van der Waals surface area (Å²) in [5.41, 5.74) is 2.96. The van der Waals surface area contributed by atoms with Crippen molar-refractivity contribution in [1.29, 1.82) is 0 Å². The van der Waals surface area contributed by atoms with Crippen LogP contribution >= 0.6 is 0 Å². The molecule has 0 bridgehead atoms. The number of nitrogens with one attached hydrogen (secondary N) is 2. The number of benzene rings is 1. The number of anilines is 2. The first-order chi connectivity index (χ1) is 16.6. The summed E-state index contributed by atoms with van der Waals surface area (Å²) in [5.74, 6) is 1.71. The first-order valence-electron chi connectivity index (χ1n) is 12.1.